The highest BCUT2D eigenvalue weighted by Crippen LogP contribution is 2.29. The summed E-state index contributed by atoms with van der Waals surface area (Å²) in [5.74, 6) is -1.31. The summed E-state index contributed by atoms with van der Waals surface area (Å²) in [4.78, 5) is 24.0. The lowest BCUT2D eigenvalue weighted by atomic mass is 9.79. The van der Waals surface area contributed by atoms with Crippen molar-refractivity contribution in [2.24, 2.45) is 5.41 Å². The second-order valence-corrected chi connectivity index (χ2v) is 6.19. The smallest absolute Gasteiger partial charge is 0.313 e. The first kappa shape index (κ1) is 19.2. The average molecular weight is 320 g/mol. The number of carbonyl (C=O) groups is 2. The van der Waals surface area contributed by atoms with E-state index in [9.17, 15) is 14.7 Å². The third-order valence-corrected chi connectivity index (χ3v) is 4.45. The summed E-state index contributed by atoms with van der Waals surface area (Å²) in [6, 6.07) is 5.65. The van der Waals surface area contributed by atoms with E-state index in [-0.39, 0.29) is 12.0 Å². The maximum atomic E-state index is 12.0. The molecule has 0 radical (unpaired) electrons. The van der Waals surface area contributed by atoms with Gasteiger partial charge >= 0.3 is 11.8 Å². The van der Waals surface area contributed by atoms with E-state index in [4.69, 9.17) is 0 Å². The molecular formula is C18H28N2O3. The number of aryl methyl sites for hydroxylation is 2. The van der Waals surface area contributed by atoms with Crippen LogP contribution in [-0.2, 0) is 9.59 Å². The van der Waals surface area contributed by atoms with Crippen molar-refractivity contribution in [1.29, 1.82) is 0 Å². The Morgan fingerprint density at radius 2 is 1.61 bits per heavy atom. The van der Waals surface area contributed by atoms with E-state index in [1.165, 1.54) is 0 Å². The molecule has 0 aliphatic rings. The Morgan fingerprint density at radius 1 is 1.04 bits per heavy atom. The Hall–Kier alpha value is -1.88. The van der Waals surface area contributed by atoms with Crippen molar-refractivity contribution in [1.82, 2.24) is 5.32 Å². The van der Waals surface area contributed by atoms with Gasteiger partial charge in [0.25, 0.3) is 0 Å². The van der Waals surface area contributed by atoms with Crippen molar-refractivity contribution < 1.29 is 14.7 Å². The Morgan fingerprint density at radius 3 is 2.09 bits per heavy atom. The molecule has 2 amide bonds. The number of carbonyl (C=O) groups excluding carboxylic acids is 2. The van der Waals surface area contributed by atoms with Gasteiger partial charge in [0, 0.05) is 18.8 Å². The number of benzene rings is 1. The molecular weight excluding hydrogens is 292 g/mol. The van der Waals surface area contributed by atoms with Crippen LogP contribution in [0, 0.1) is 19.3 Å². The third-order valence-electron chi connectivity index (χ3n) is 4.45. The minimum absolute atomic E-state index is 0.0757. The van der Waals surface area contributed by atoms with Gasteiger partial charge in [-0.15, -0.1) is 0 Å². The van der Waals surface area contributed by atoms with Gasteiger partial charge in [0.2, 0.25) is 0 Å². The fraction of sp³-hybridized carbons (Fsp3) is 0.556. The molecule has 5 heteroatoms. The molecule has 0 aromatic heterocycles. The summed E-state index contributed by atoms with van der Waals surface area (Å²) in [5.41, 5.74) is 2.51. The number of hydrogen-bond donors (Lipinski definition) is 3. The van der Waals surface area contributed by atoms with Crippen LogP contribution in [0.3, 0.4) is 0 Å². The lowest BCUT2D eigenvalue weighted by Gasteiger charge is -2.31. The third kappa shape index (κ3) is 5.67. The molecule has 0 heterocycles. The zero-order chi connectivity index (χ0) is 17.5. The van der Waals surface area contributed by atoms with E-state index in [2.05, 4.69) is 10.6 Å². The van der Waals surface area contributed by atoms with Gasteiger partial charge in [0.05, 0.1) is 0 Å². The first-order valence-electron chi connectivity index (χ1n) is 8.14. The molecule has 5 nitrogen and oxygen atoms in total. The Bertz CT molecular complexity index is 531. The minimum atomic E-state index is -0.667. The average Bonchev–Trinajstić information content (AvgIpc) is 2.50. The van der Waals surface area contributed by atoms with Crippen LogP contribution in [0.25, 0.3) is 0 Å². The number of rotatable bonds is 7. The summed E-state index contributed by atoms with van der Waals surface area (Å²) < 4.78 is 0. The first-order chi connectivity index (χ1) is 10.9. The Balaban J connectivity index is 2.65. The van der Waals surface area contributed by atoms with Crippen molar-refractivity contribution in [3.8, 4) is 0 Å². The van der Waals surface area contributed by atoms with Crippen LogP contribution in [0.1, 0.15) is 44.2 Å². The van der Waals surface area contributed by atoms with Crippen LogP contribution in [0.4, 0.5) is 5.69 Å². The quantitative estimate of drug-likeness (QED) is 0.676. The Kier molecular flexibility index (Phi) is 7.23. The molecule has 0 saturated carbocycles. The predicted octanol–water partition coefficient (Wildman–Crippen LogP) is 2.55. The molecule has 1 aromatic rings. The van der Waals surface area contributed by atoms with Crippen molar-refractivity contribution in [3.63, 3.8) is 0 Å². The molecule has 23 heavy (non-hydrogen) atoms. The molecule has 0 aliphatic heterocycles. The maximum Gasteiger partial charge on any atom is 0.313 e. The van der Waals surface area contributed by atoms with Crippen molar-refractivity contribution in [2.45, 2.75) is 47.0 Å². The Labute approximate surface area is 138 Å². The highest BCUT2D eigenvalue weighted by Gasteiger charge is 2.27. The fourth-order valence-corrected chi connectivity index (χ4v) is 2.76. The van der Waals surface area contributed by atoms with Crippen LogP contribution >= 0.6 is 0 Å². The topological polar surface area (TPSA) is 78.4 Å². The van der Waals surface area contributed by atoms with Crippen molar-refractivity contribution in [3.05, 3.63) is 29.3 Å². The maximum absolute atomic E-state index is 12.0. The largest absolute Gasteiger partial charge is 0.396 e. The van der Waals surface area contributed by atoms with E-state index in [0.29, 0.717) is 18.7 Å². The number of anilines is 1. The van der Waals surface area contributed by atoms with Gasteiger partial charge in [-0.2, -0.15) is 0 Å². The van der Waals surface area contributed by atoms with E-state index < -0.39 is 11.8 Å². The van der Waals surface area contributed by atoms with E-state index in [1.54, 1.807) is 0 Å². The molecule has 0 aliphatic carbocycles. The van der Waals surface area contributed by atoms with Gasteiger partial charge in [-0.05, 0) is 61.8 Å². The highest BCUT2D eigenvalue weighted by molar-refractivity contribution is 6.39. The van der Waals surface area contributed by atoms with Gasteiger partial charge < -0.3 is 15.7 Å². The van der Waals surface area contributed by atoms with Crippen LogP contribution in [-0.4, -0.2) is 30.1 Å². The molecule has 0 bridgehead atoms. The second-order valence-electron chi connectivity index (χ2n) is 6.19. The van der Waals surface area contributed by atoms with Gasteiger partial charge in [-0.25, -0.2) is 0 Å². The number of nitrogens with one attached hydrogen (secondary N) is 2. The molecule has 3 N–H and O–H groups in total. The number of hydrogen-bond acceptors (Lipinski definition) is 3. The zero-order valence-corrected chi connectivity index (χ0v) is 14.5. The number of aliphatic hydroxyl groups excluding tert-OH is 1. The number of aliphatic hydroxyl groups is 1. The molecule has 0 spiro atoms. The molecule has 1 aromatic carbocycles. The molecule has 0 unspecified atom stereocenters. The summed E-state index contributed by atoms with van der Waals surface area (Å²) in [6.45, 7) is 8.40. The first-order valence-corrected chi connectivity index (χ1v) is 8.14. The summed E-state index contributed by atoms with van der Waals surface area (Å²) in [5, 5.41) is 14.5. The monoisotopic (exact) mass is 320 g/mol. The fourth-order valence-electron chi connectivity index (χ4n) is 2.76. The lowest BCUT2D eigenvalue weighted by Crippen LogP contribution is -2.42. The van der Waals surface area contributed by atoms with Crippen LogP contribution in [0.5, 0.6) is 0 Å². The molecule has 1 rings (SSSR count). The SMILES string of the molecule is CCC(CC)(CCO)CNC(=O)C(=O)Nc1cc(C)cc(C)c1. The summed E-state index contributed by atoms with van der Waals surface area (Å²) >= 11 is 0. The van der Waals surface area contributed by atoms with Gasteiger partial charge in [-0.3, -0.25) is 9.59 Å². The molecule has 0 atom stereocenters. The second kappa shape index (κ2) is 8.67. The van der Waals surface area contributed by atoms with Gasteiger partial charge in [0.1, 0.15) is 0 Å². The van der Waals surface area contributed by atoms with E-state index in [0.717, 1.165) is 24.0 Å². The van der Waals surface area contributed by atoms with Crippen LogP contribution in [0.15, 0.2) is 18.2 Å². The number of amides is 2. The predicted molar refractivity (Wildman–Crippen MR) is 92.3 cm³/mol. The normalized spacial score (nSPS) is 11.2. The van der Waals surface area contributed by atoms with Crippen LogP contribution in [0.2, 0.25) is 0 Å². The van der Waals surface area contributed by atoms with E-state index in [1.807, 2.05) is 45.9 Å². The molecule has 128 valence electrons. The highest BCUT2D eigenvalue weighted by atomic mass is 16.3. The van der Waals surface area contributed by atoms with Crippen LogP contribution < -0.4 is 10.6 Å². The van der Waals surface area contributed by atoms with Crippen molar-refractivity contribution in [2.75, 3.05) is 18.5 Å². The molecule has 0 fully saturated rings. The van der Waals surface area contributed by atoms with Gasteiger partial charge in [0.15, 0.2) is 0 Å². The van der Waals surface area contributed by atoms with Crippen molar-refractivity contribution >= 4 is 17.5 Å². The van der Waals surface area contributed by atoms with Gasteiger partial charge in [-0.1, -0.05) is 19.9 Å². The zero-order valence-electron chi connectivity index (χ0n) is 14.5. The lowest BCUT2D eigenvalue weighted by molar-refractivity contribution is -0.136. The van der Waals surface area contributed by atoms with E-state index >= 15 is 0 Å². The molecule has 0 saturated heterocycles. The summed E-state index contributed by atoms with van der Waals surface area (Å²) in [7, 11) is 0. The standard InChI is InChI=1S/C18H28N2O3/c1-5-18(6-2,7-8-21)12-19-16(22)17(23)20-15-10-13(3)9-14(4)11-15/h9-11,21H,5-8,12H2,1-4H3,(H,19,22)(H,20,23). The minimum Gasteiger partial charge on any atom is -0.396 e. The summed E-state index contributed by atoms with van der Waals surface area (Å²) in [6.07, 6.45) is 2.28.